The lowest BCUT2D eigenvalue weighted by atomic mass is 10.2. The van der Waals surface area contributed by atoms with Gasteiger partial charge in [-0.3, -0.25) is 14.9 Å². The van der Waals surface area contributed by atoms with Gasteiger partial charge >= 0.3 is 0 Å². The van der Waals surface area contributed by atoms with E-state index in [9.17, 15) is 0 Å². The summed E-state index contributed by atoms with van der Waals surface area (Å²) in [4.78, 5) is 11.0. The summed E-state index contributed by atoms with van der Waals surface area (Å²) < 4.78 is 5.35. The van der Waals surface area contributed by atoms with Crippen molar-refractivity contribution in [2.75, 3.05) is 46.4 Å². The van der Waals surface area contributed by atoms with Gasteiger partial charge in [-0.05, 0) is 31.5 Å². The number of hydrogen-bond acceptors (Lipinski definition) is 4. The molecule has 1 aromatic heterocycles. The minimum atomic E-state index is 0.689. The van der Waals surface area contributed by atoms with E-state index in [1.807, 2.05) is 18.2 Å². The fraction of sp³-hybridized carbons (Fsp3) is 0.625. The molecule has 0 aliphatic carbocycles. The molecule has 2 rings (SSSR count). The Bertz CT molecular complexity index is 431. The van der Waals surface area contributed by atoms with Gasteiger partial charge in [0.05, 0.1) is 25.5 Å². The van der Waals surface area contributed by atoms with Crippen molar-refractivity contribution in [3.05, 3.63) is 30.1 Å². The van der Waals surface area contributed by atoms with E-state index in [-0.39, 0.29) is 0 Å². The molecule has 1 fully saturated rings. The molecule has 1 saturated heterocycles. The zero-order valence-electron chi connectivity index (χ0n) is 13.4. The van der Waals surface area contributed by atoms with E-state index in [1.54, 1.807) is 13.2 Å². The number of nitrogens with zero attached hydrogens (tertiary/aromatic N) is 3. The van der Waals surface area contributed by atoms with Crippen molar-refractivity contribution in [3.8, 4) is 0 Å². The second-order valence-electron chi connectivity index (χ2n) is 5.33. The highest BCUT2D eigenvalue weighted by Crippen LogP contribution is 1.99. The highest BCUT2D eigenvalue weighted by molar-refractivity contribution is 5.79. The van der Waals surface area contributed by atoms with Crippen molar-refractivity contribution in [2.24, 2.45) is 4.99 Å². The summed E-state index contributed by atoms with van der Waals surface area (Å²) in [5.74, 6) is 0.831. The summed E-state index contributed by atoms with van der Waals surface area (Å²) in [5.41, 5.74) is 1.01. The van der Waals surface area contributed by atoms with Crippen LogP contribution in [0.15, 0.2) is 29.4 Å². The van der Waals surface area contributed by atoms with Crippen LogP contribution in [0.2, 0.25) is 0 Å². The Hall–Kier alpha value is -1.66. The number of aromatic nitrogens is 1. The van der Waals surface area contributed by atoms with E-state index in [2.05, 4.69) is 25.5 Å². The van der Waals surface area contributed by atoms with Crippen LogP contribution >= 0.6 is 0 Å². The highest BCUT2D eigenvalue weighted by Gasteiger charge is 2.09. The molecule has 2 N–H and O–H groups in total. The normalized spacial score (nSPS) is 16.5. The number of unbranched alkanes of at least 4 members (excludes halogenated alkanes) is 1. The van der Waals surface area contributed by atoms with Gasteiger partial charge in [0.1, 0.15) is 0 Å². The maximum absolute atomic E-state index is 5.35. The number of pyridine rings is 1. The van der Waals surface area contributed by atoms with Crippen LogP contribution in [0.5, 0.6) is 0 Å². The summed E-state index contributed by atoms with van der Waals surface area (Å²) in [6.45, 7) is 6.68. The average molecular weight is 305 g/mol. The molecular weight excluding hydrogens is 278 g/mol. The van der Waals surface area contributed by atoms with E-state index in [4.69, 9.17) is 4.74 Å². The van der Waals surface area contributed by atoms with E-state index in [1.165, 1.54) is 6.42 Å². The summed E-state index contributed by atoms with van der Waals surface area (Å²) in [6.07, 6.45) is 4.14. The van der Waals surface area contributed by atoms with Crippen molar-refractivity contribution in [3.63, 3.8) is 0 Å². The summed E-state index contributed by atoms with van der Waals surface area (Å²) in [5, 5.41) is 6.62. The SMILES string of the molecule is CN=C(NCCCCN1CCOCC1)NCc1ccccn1. The van der Waals surface area contributed by atoms with Crippen molar-refractivity contribution in [1.29, 1.82) is 0 Å². The van der Waals surface area contributed by atoms with Crippen LogP contribution in [0, 0.1) is 0 Å². The van der Waals surface area contributed by atoms with Crippen LogP contribution < -0.4 is 10.6 Å². The Kier molecular flexibility index (Phi) is 7.69. The number of ether oxygens (including phenoxy) is 1. The number of hydrogen-bond donors (Lipinski definition) is 2. The van der Waals surface area contributed by atoms with E-state index < -0.39 is 0 Å². The zero-order valence-corrected chi connectivity index (χ0v) is 13.4. The summed E-state index contributed by atoms with van der Waals surface area (Å²) >= 11 is 0. The molecule has 0 amide bonds. The van der Waals surface area contributed by atoms with Gasteiger partial charge in [0.2, 0.25) is 0 Å². The van der Waals surface area contributed by atoms with Crippen LogP contribution in [0.1, 0.15) is 18.5 Å². The quantitative estimate of drug-likeness (QED) is 0.444. The lowest BCUT2D eigenvalue weighted by molar-refractivity contribution is 0.0372. The number of guanidine groups is 1. The molecule has 0 unspecified atom stereocenters. The first-order chi connectivity index (χ1) is 10.9. The van der Waals surface area contributed by atoms with Crippen LogP contribution in [-0.4, -0.2) is 62.3 Å². The Balaban J connectivity index is 1.54. The van der Waals surface area contributed by atoms with Crippen molar-refractivity contribution in [1.82, 2.24) is 20.5 Å². The molecule has 6 nitrogen and oxygen atoms in total. The lowest BCUT2D eigenvalue weighted by Crippen LogP contribution is -2.38. The molecule has 6 heteroatoms. The molecule has 1 aromatic rings. The van der Waals surface area contributed by atoms with Crippen LogP contribution in [0.25, 0.3) is 0 Å². The molecule has 0 atom stereocenters. The van der Waals surface area contributed by atoms with E-state index >= 15 is 0 Å². The number of nitrogens with one attached hydrogen (secondary N) is 2. The minimum Gasteiger partial charge on any atom is -0.379 e. The van der Waals surface area contributed by atoms with Gasteiger partial charge < -0.3 is 15.4 Å². The van der Waals surface area contributed by atoms with Crippen molar-refractivity contribution >= 4 is 5.96 Å². The first kappa shape index (κ1) is 16.7. The highest BCUT2D eigenvalue weighted by atomic mass is 16.5. The Morgan fingerprint density at radius 3 is 2.86 bits per heavy atom. The van der Waals surface area contributed by atoms with Gasteiger partial charge in [0.25, 0.3) is 0 Å². The largest absolute Gasteiger partial charge is 0.379 e. The standard InChI is InChI=1S/C16H27N5O/c1-17-16(20-14-15-6-2-3-7-18-15)19-8-4-5-9-21-10-12-22-13-11-21/h2-3,6-7H,4-5,8-14H2,1H3,(H2,17,19,20). The molecule has 122 valence electrons. The fourth-order valence-electron chi connectivity index (χ4n) is 2.39. The molecule has 0 aromatic carbocycles. The van der Waals surface area contributed by atoms with Crippen molar-refractivity contribution in [2.45, 2.75) is 19.4 Å². The van der Waals surface area contributed by atoms with Crippen LogP contribution in [-0.2, 0) is 11.3 Å². The smallest absolute Gasteiger partial charge is 0.191 e. The maximum atomic E-state index is 5.35. The van der Waals surface area contributed by atoms with E-state index in [0.717, 1.165) is 57.5 Å². The summed E-state index contributed by atoms with van der Waals surface area (Å²) in [6, 6.07) is 5.92. The van der Waals surface area contributed by atoms with Gasteiger partial charge in [0, 0.05) is 32.9 Å². The first-order valence-corrected chi connectivity index (χ1v) is 8.03. The number of morpholine rings is 1. The van der Waals surface area contributed by atoms with Crippen LogP contribution in [0.4, 0.5) is 0 Å². The Morgan fingerprint density at radius 1 is 1.27 bits per heavy atom. The molecule has 0 bridgehead atoms. The Morgan fingerprint density at radius 2 is 2.14 bits per heavy atom. The number of rotatable bonds is 7. The lowest BCUT2D eigenvalue weighted by Gasteiger charge is -2.26. The molecular formula is C16H27N5O. The molecule has 0 radical (unpaired) electrons. The van der Waals surface area contributed by atoms with Gasteiger partial charge in [-0.1, -0.05) is 6.07 Å². The third-order valence-electron chi connectivity index (χ3n) is 3.68. The predicted octanol–water partition coefficient (Wildman–Crippen LogP) is 0.859. The molecule has 0 spiro atoms. The topological polar surface area (TPSA) is 61.8 Å². The third kappa shape index (κ3) is 6.41. The maximum Gasteiger partial charge on any atom is 0.191 e. The molecule has 22 heavy (non-hydrogen) atoms. The molecule has 1 aliphatic rings. The molecule has 1 aliphatic heterocycles. The zero-order chi connectivity index (χ0) is 15.5. The number of aliphatic imine (C=N–C) groups is 1. The predicted molar refractivity (Wildman–Crippen MR) is 88.9 cm³/mol. The van der Waals surface area contributed by atoms with Gasteiger partial charge in [-0.15, -0.1) is 0 Å². The second-order valence-corrected chi connectivity index (χ2v) is 5.33. The first-order valence-electron chi connectivity index (χ1n) is 8.03. The summed E-state index contributed by atoms with van der Waals surface area (Å²) in [7, 11) is 1.79. The van der Waals surface area contributed by atoms with Gasteiger partial charge in [-0.25, -0.2) is 0 Å². The third-order valence-corrected chi connectivity index (χ3v) is 3.68. The molecule has 2 heterocycles. The fourth-order valence-corrected chi connectivity index (χ4v) is 2.39. The minimum absolute atomic E-state index is 0.689. The average Bonchev–Trinajstić information content (AvgIpc) is 2.59. The molecule has 0 saturated carbocycles. The van der Waals surface area contributed by atoms with E-state index in [0.29, 0.717) is 6.54 Å². The Labute approximate surface area is 133 Å². The van der Waals surface area contributed by atoms with Crippen LogP contribution in [0.3, 0.4) is 0 Å². The van der Waals surface area contributed by atoms with Crippen molar-refractivity contribution < 1.29 is 4.74 Å². The monoisotopic (exact) mass is 305 g/mol. The van der Waals surface area contributed by atoms with Gasteiger partial charge in [-0.2, -0.15) is 0 Å². The van der Waals surface area contributed by atoms with Gasteiger partial charge in [0.15, 0.2) is 5.96 Å². The second kappa shape index (κ2) is 10.1.